The molecular weight excluding hydrogens is 204 g/mol. The zero-order valence-electron chi connectivity index (χ0n) is 9.71. The molecule has 3 rings (SSSR count). The van der Waals surface area contributed by atoms with Crippen LogP contribution in [0.25, 0.3) is 0 Å². The summed E-state index contributed by atoms with van der Waals surface area (Å²) >= 11 is 0. The predicted molar refractivity (Wildman–Crippen MR) is 58.7 cm³/mol. The van der Waals surface area contributed by atoms with Crippen LogP contribution in [0.15, 0.2) is 0 Å². The highest BCUT2D eigenvalue weighted by atomic mass is 15.6. The minimum absolute atomic E-state index is 0.836. The molecular formula is C10H18N6. The summed E-state index contributed by atoms with van der Waals surface area (Å²) < 4.78 is 0. The fourth-order valence-electron chi connectivity index (χ4n) is 2.31. The second-order valence-electron chi connectivity index (χ2n) is 4.74. The number of aromatic nitrogens is 4. The number of tetrazole rings is 1. The quantitative estimate of drug-likeness (QED) is 0.689. The Morgan fingerprint density at radius 3 is 2.50 bits per heavy atom. The van der Waals surface area contributed by atoms with E-state index in [9.17, 15) is 0 Å². The molecule has 6 heteroatoms. The van der Waals surface area contributed by atoms with Crippen molar-refractivity contribution in [2.75, 3.05) is 26.2 Å². The smallest absolute Gasteiger partial charge is 0.188 e. The Bertz CT molecular complexity index is 350. The first-order valence-electron chi connectivity index (χ1n) is 6.00. The van der Waals surface area contributed by atoms with E-state index in [0.29, 0.717) is 0 Å². The first-order valence-corrected chi connectivity index (χ1v) is 6.00. The second-order valence-corrected chi connectivity index (χ2v) is 4.74. The van der Waals surface area contributed by atoms with E-state index in [-0.39, 0.29) is 0 Å². The van der Waals surface area contributed by atoms with Gasteiger partial charge in [0, 0.05) is 32.2 Å². The van der Waals surface area contributed by atoms with Crippen LogP contribution in [0.1, 0.15) is 18.7 Å². The molecule has 6 nitrogen and oxygen atoms in total. The average Bonchev–Trinajstić information content (AvgIpc) is 3.05. The van der Waals surface area contributed by atoms with E-state index in [1.165, 1.54) is 30.7 Å². The van der Waals surface area contributed by atoms with E-state index in [1.807, 2.05) is 7.05 Å². The summed E-state index contributed by atoms with van der Waals surface area (Å²) in [4.78, 5) is 6.55. The van der Waals surface area contributed by atoms with Gasteiger partial charge >= 0.3 is 0 Å². The van der Waals surface area contributed by atoms with Gasteiger partial charge in [0.1, 0.15) is 0 Å². The summed E-state index contributed by atoms with van der Waals surface area (Å²) in [6.45, 7) is 5.51. The van der Waals surface area contributed by atoms with Gasteiger partial charge in [-0.25, -0.2) is 0 Å². The van der Waals surface area contributed by atoms with E-state index < -0.39 is 0 Å². The Morgan fingerprint density at radius 2 is 1.94 bits per heavy atom. The number of hydrogen-bond acceptors (Lipinski definition) is 5. The van der Waals surface area contributed by atoms with Crippen LogP contribution >= 0.6 is 0 Å². The Hall–Kier alpha value is -1.01. The van der Waals surface area contributed by atoms with Crippen molar-refractivity contribution in [3.05, 3.63) is 5.82 Å². The van der Waals surface area contributed by atoms with Crippen molar-refractivity contribution in [2.24, 2.45) is 7.05 Å². The van der Waals surface area contributed by atoms with Gasteiger partial charge in [0.25, 0.3) is 0 Å². The molecule has 1 saturated carbocycles. The molecule has 0 N–H and O–H groups in total. The predicted octanol–water partition coefficient (Wildman–Crippen LogP) is -0.510. The molecule has 88 valence electrons. The molecule has 1 aromatic heterocycles. The van der Waals surface area contributed by atoms with Gasteiger partial charge in [-0.05, 0) is 18.1 Å². The van der Waals surface area contributed by atoms with E-state index >= 15 is 0 Å². The summed E-state index contributed by atoms with van der Waals surface area (Å²) in [7, 11) is 1.81. The van der Waals surface area contributed by atoms with Gasteiger partial charge in [0.15, 0.2) is 5.82 Å². The lowest BCUT2D eigenvalue weighted by Gasteiger charge is -2.34. The van der Waals surface area contributed by atoms with Crippen LogP contribution in [0, 0.1) is 0 Å². The first kappa shape index (κ1) is 10.2. The Kier molecular flexibility index (Phi) is 2.61. The van der Waals surface area contributed by atoms with Crippen LogP contribution in [0.2, 0.25) is 0 Å². The van der Waals surface area contributed by atoms with Crippen molar-refractivity contribution in [1.82, 2.24) is 30.0 Å². The van der Waals surface area contributed by atoms with Crippen molar-refractivity contribution < 1.29 is 0 Å². The number of piperazine rings is 1. The number of aryl methyl sites for hydroxylation is 1. The largest absolute Gasteiger partial charge is 0.298 e. The van der Waals surface area contributed by atoms with Crippen molar-refractivity contribution in [3.8, 4) is 0 Å². The Balaban J connectivity index is 1.50. The molecule has 1 aliphatic heterocycles. The lowest BCUT2D eigenvalue weighted by molar-refractivity contribution is 0.119. The lowest BCUT2D eigenvalue weighted by Crippen LogP contribution is -2.46. The monoisotopic (exact) mass is 222 g/mol. The van der Waals surface area contributed by atoms with E-state index in [2.05, 4.69) is 25.2 Å². The van der Waals surface area contributed by atoms with Crippen LogP contribution in [0.5, 0.6) is 0 Å². The van der Waals surface area contributed by atoms with Gasteiger partial charge in [0.05, 0.1) is 13.6 Å². The van der Waals surface area contributed by atoms with Gasteiger partial charge < -0.3 is 0 Å². The normalized spacial score (nSPS) is 23.8. The number of rotatable bonds is 3. The maximum absolute atomic E-state index is 4.21. The summed E-state index contributed by atoms with van der Waals surface area (Å²) in [6.07, 6.45) is 2.82. The summed E-state index contributed by atoms with van der Waals surface area (Å²) in [5.74, 6) is 0.836. The van der Waals surface area contributed by atoms with Gasteiger partial charge in [-0.3, -0.25) is 9.80 Å². The van der Waals surface area contributed by atoms with Crippen LogP contribution < -0.4 is 0 Å². The molecule has 1 saturated heterocycles. The van der Waals surface area contributed by atoms with Gasteiger partial charge in [0.2, 0.25) is 0 Å². The third-order valence-electron chi connectivity index (χ3n) is 3.38. The van der Waals surface area contributed by atoms with Gasteiger partial charge in [-0.2, -0.15) is 4.80 Å². The molecule has 0 unspecified atom stereocenters. The maximum Gasteiger partial charge on any atom is 0.188 e. The maximum atomic E-state index is 4.21. The Labute approximate surface area is 95.2 Å². The fraction of sp³-hybridized carbons (Fsp3) is 0.900. The van der Waals surface area contributed by atoms with Crippen LogP contribution in [-0.4, -0.2) is 62.2 Å². The third-order valence-corrected chi connectivity index (χ3v) is 3.38. The molecule has 0 amide bonds. The molecule has 2 fully saturated rings. The lowest BCUT2D eigenvalue weighted by atomic mass is 10.3. The molecule has 1 aromatic rings. The molecule has 1 aliphatic carbocycles. The summed E-state index contributed by atoms with van der Waals surface area (Å²) in [5.41, 5.74) is 0. The topological polar surface area (TPSA) is 50.1 Å². The molecule has 0 atom stereocenters. The zero-order valence-corrected chi connectivity index (χ0v) is 9.71. The zero-order chi connectivity index (χ0) is 11.0. The highest BCUT2D eigenvalue weighted by Crippen LogP contribution is 2.27. The first-order chi connectivity index (χ1) is 7.81. The van der Waals surface area contributed by atoms with Gasteiger partial charge in [-0.15, -0.1) is 10.2 Å². The Morgan fingerprint density at radius 1 is 1.19 bits per heavy atom. The summed E-state index contributed by atoms with van der Waals surface area (Å²) in [6, 6.07) is 0.900. The van der Waals surface area contributed by atoms with Crippen molar-refractivity contribution >= 4 is 0 Å². The SMILES string of the molecule is Cn1nnc(CN2CCN(C3CC3)CC2)n1. The van der Waals surface area contributed by atoms with Gasteiger partial charge in [-0.1, -0.05) is 0 Å². The van der Waals surface area contributed by atoms with Crippen LogP contribution in [0.4, 0.5) is 0 Å². The highest BCUT2D eigenvalue weighted by molar-refractivity contribution is 4.88. The van der Waals surface area contributed by atoms with E-state index in [0.717, 1.165) is 31.5 Å². The minimum atomic E-state index is 0.836. The molecule has 0 aromatic carbocycles. The summed E-state index contributed by atoms with van der Waals surface area (Å²) in [5, 5.41) is 12.1. The van der Waals surface area contributed by atoms with Crippen molar-refractivity contribution in [3.63, 3.8) is 0 Å². The molecule has 2 aliphatic rings. The fourth-order valence-corrected chi connectivity index (χ4v) is 2.31. The molecule has 0 radical (unpaired) electrons. The average molecular weight is 222 g/mol. The van der Waals surface area contributed by atoms with Crippen LogP contribution in [-0.2, 0) is 13.6 Å². The van der Waals surface area contributed by atoms with Crippen molar-refractivity contribution in [2.45, 2.75) is 25.4 Å². The highest BCUT2D eigenvalue weighted by Gasteiger charge is 2.31. The number of hydrogen-bond donors (Lipinski definition) is 0. The standard InChI is InChI=1S/C10H18N6/c1-14-12-10(11-13-14)8-15-4-6-16(7-5-15)9-2-3-9/h9H,2-8H2,1H3. The van der Waals surface area contributed by atoms with Crippen LogP contribution in [0.3, 0.4) is 0 Å². The minimum Gasteiger partial charge on any atom is -0.298 e. The van der Waals surface area contributed by atoms with Crippen molar-refractivity contribution in [1.29, 1.82) is 0 Å². The second kappa shape index (κ2) is 4.10. The molecule has 16 heavy (non-hydrogen) atoms. The third kappa shape index (κ3) is 2.22. The molecule has 0 spiro atoms. The van der Waals surface area contributed by atoms with E-state index in [1.54, 1.807) is 0 Å². The number of nitrogens with zero attached hydrogens (tertiary/aromatic N) is 6. The molecule has 0 bridgehead atoms. The molecule has 2 heterocycles. The van der Waals surface area contributed by atoms with E-state index in [4.69, 9.17) is 0 Å².